The van der Waals surface area contributed by atoms with Crippen molar-refractivity contribution in [2.45, 2.75) is 6.92 Å². The summed E-state index contributed by atoms with van der Waals surface area (Å²) in [6.45, 7) is 1.82. The maximum Gasteiger partial charge on any atom is 0.272 e. The van der Waals surface area contributed by atoms with Crippen LogP contribution < -0.4 is 10.1 Å². The number of benzene rings is 2. The number of aromatic amines is 1. The highest BCUT2D eigenvalue weighted by atomic mass is 16.5. The Bertz CT molecular complexity index is 989. The van der Waals surface area contributed by atoms with Crippen molar-refractivity contribution in [3.8, 4) is 5.75 Å². The number of rotatable bonds is 4. The molecule has 0 saturated carbocycles. The van der Waals surface area contributed by atoms with Gasteiger partial charge in [-0.2, -0.15) is 0 Å². The Balaban J connectivity index is 1.88. The minimum absolute atomic E-state index is 0.101. The number of carbonyl (C=O) groups is 2. The van der Waals surface area contributed by atoms with Gasteiger partial charge in [-0.3, -0.25) is 9.59 Å². The summed E-state index contributed by atoms with van der Waals surface area (Å²) in [7, 11) is 5.00. The topological polar surface area (TPSA) is 74.4 Å². The molecule has 2 aromatic carbocycles. The molecule has 134 valence electrons. The van der Waals surface area contributed by atoms with Crippen molar-refractivity contribution < 1.29 is 14.3 Å². The molecule has 1 heterocycles. The van der Waals surface area contributed by atoms with Crippen LogP contribution in [0.5, 0.6) is 5.75 Å². The predicted octanol–water partition coefficient (Wildman–Crippen LogP) is 3.44. The quantitative estimate of drug-likeness (QED) is 0.756. The lowest BCUT2D eigenvalue weighted by Gasteiger charge is -2.15. The number of carbonyl (C=O) groups excluding carboxylic acids is 2. The van der Waals surface area contributed by atoms with Gasteiger partial charge in [0.1, 0.15) is 11.4 Å². The third-order valence-corrected chi connectivity index (χ3v) is 4.29. The van der Waals surface area contributed by atoms with E-state index in [1.54, 1.807) is 45.5 Å². The van der Waals surface area contributed by atoms with E-state index in [1.165, 1.54) is 4.90 Å². The van der Waals surface area contributed by atoms with Gasteiger partial charge >= 0.3 is 0 Å². The van der Waals surface area contributed by atoms with Crippen molar-refractivity contribution in [1.82, 2.24) is 9.88 Å². The highest BCUT2D eigenvalue weighted by Crippen LogP contribution is 2.24. The molecule has 2 N–H and O–H groups in total. The van der Waals surface area contributed by atoms with Crippen molar-refractivity contribution in [3.63, 3.8) is 0 Å². The van der Waals surface area contributed by atoms with E-state index in [4.69, 9.17) is 4.74 Å². The molecule has 0 unspecified atom stereocenters. The van der Waals surface area contributed by atoms with Gasteiger partial charge in [0.2, 0.25) is 0 Å². The molecule has 6 heteroatoms. The van der Waals surface area contributed by atoms with Gasteiger partial charge in [0, 0.05) is 36.2 Å². The zero-order valence-corrected chi connectivity index (χ0v) is 15.2. The molecular weight excluding hydrogens is 330 g/mol. The molecule has 0 aliphatic rings. The highest BCUT2D eigenvalue weighted by Gasteiger charge is 2.16. The molecule has 0 bridgehead atoms. The van der Waals surface area contributed by atoms with Crippen molar-refractivity contribution in [2.75, 3.05) is 26.5 Å². The van der Waals surface area contributed by atoms with Gasteiger partial charge in [0.15, 0.2) is 0 Å². The van der Waals surface area contributed by atoms with E-state index in [2.05, 4.69) is 10.3 Å². The summed E-state index contributed by atoms with van der Waals surface area (Å²) in [4.78, 5) is 29.5. The highest BCUT2D eigenvalue weighted by molar-refractivity contribution is 6.07. The SMILES string of the molecule is COc1ccc2[nH]c(C(=O)Nc3cccc(C(=O)N(C)C)c3C)cc2c1. The molecule has 2 amide bonds. The number of nitrogens with one attached hydrogen (secondary N) is 2. The summed E-state index contributed by atoms with van der Waals surface area (Å²) in [5.74, 6) is 0.364. The lowest BCUT2D eigenvalue weighted by molar-refractivity contribution is 0.0826. The van der Waals surface area contributed by atoms with Crippen molar-refractivity contribution >= 4 is 28.4 Å². The summed E-state index contributed by atoms with van der Waals surface area (Å²) in [6, 6.07) is 12.6. The molecular formula is C20H21N3O3. The Morgan fingerprint density at radius 1 is 1.12 bits per heavy atom. The first-order valence-corrected chi connectivity index (χ1v) is 8.20. The first-order chi connectivity index (χ1) is 12.4. The Kier molecular flexibility index (Phi) is 4.67. The number of nitrogens with zero attached hydrogens (tertiary/aromatic N) is 1. The van der Waals surface area contributed by atoms with Crippen LogP contribution in [0.2, 0.25) is 0 Å². The van der Waals surface area contributed by atoms with Gasteiger partial charge in [0.25, 0.3) is 11.8 Å². The average Bonchev–Trinajstić information content (AvgIpc) is 3.06. The molecule has 0 fully saturated rings. The standard InChI is InChI=1S/C20H21N3O3/c1-12-15(20(25)23(2)3)6-5-7-16(12)22-19(24)18-11-13-10-14(26-4)8-9-17(13)21-18/h5-11,21H,1-4H3,(H,22,24). The molecule has 0 aliphatic heterocycles. The smallest absolute Gasteiger partial charge is 0.272 e. The molecule has 26 heavy (non-hydrogen) atoms. The number of H-pyrrole nitrogens is 1. The number of aromatic nitrogens is 1. The summed E-state index contributed by atoms with van der Waals surface area (Å²) < 4.78 is 5.21. The van der Waals surface area contributed by atoms with Gasteiger partial charge in [-0.1, -0.05) is 6.07 Å². The van der Waals surface area contributed by atoms with Crippen LogP contribution in [0.25, 0.3) is 10.9 Å². The van der Waals surface area contributed by atoms with E-state index in [9.17, 15) is 9.59 Å². The molecule has 0 saturated heterocycles. The van der Waals surface area contributed by atoms with Gasteiger partial charge in [-0.25, -0.2) is 0 Å². The number of fused-ring (bicyclic) bond motifs is 1. The van der Waals surface area contributed by atoms with E-state index in [1.807, 2.05) is 25.1 Å². The third kappa shape index (κ3) is 3.26. The van der Waals surface area contributed by atoms with E-state index in [0.717, 1.165) is 22.2 Å². The van der Waals surface area contributed by atoms with Crippen LogP contribution in [0.3, 0.4) is 0 Å². The van der Waals surface area contributed by atoms with Crippen molar-refractivity contribution in [1.29, 1.82) is 0 Å². The van der Waals surface area contributed by atoms with Crippen LogP contribution in [0.15, 0.2) is 42.5 Å². The zero-order valence-electron chi connectivity index (χ0n) is 15.2. The van der Waals surface area contributed by atoms with Crippen molar-refractivity contribution in [3.05, 3.63) is 59.3 Å². The summed E-state index contributed by atoms with van der Waals surface area (Å²) >= 11 is 0. The van der Waals surface area contributed by atoms with Crippen LogP contribution in [0, 0.1) is 6.92 Å². The number of amides is 2. The van der Waals surface area contributed by atoms with Gasteiger partial charge in [-0.05, 0) is 48.9 Å². The van der Waals surface area contributed by atoms with Crippen LogP contribution >= 0.6 is 0 Å². The maximum absolute atomic E-state index is 12.6. The van der Waals surface area contributed by atoms with E-state index < -0.39 is 0 Å². The predicted molar refractivity (Wildman–Crippen MR) is 102 cm³/mol. The first kappa shape index (κ1) is 17.5. The lowest BCUT2D eigenvalue weighted by Crippen LogP contribution is -2.23. The number of methoxy groups -OCH3 is 1. The van der Waals surface area contributed by atoms with Crippen LogP contribution in [0.4, 0.5) is 5.69 Å². The molecule has 3 rings (SSSR count). The molecule has 6 nitrogen and oxygen atoms in total. The Morgan fingerprint density at radius 2 is 1.88 bits per heavy atom. The Labute approximate surface area is 151 Å². The summed E-state index contributed by atoms with van der Waals surface area (Å²) in [5.41, 5.74) is 3.20. The Morgan fingerprint density at radius 3 is 2.58 bits per heavy atom. The second-order valence-electron chi connectivity index (χ2n) is 6.27. The van der Waals surface area contributed by atoms with Crippen LogP contribution in [-0.4, -0.2) is 42.9 Å². The minimum atomic E-state index is -0.266. The fraction of sp³-hybridized carbons (Fsp3) is 0.200. The second-order valence-corrected chi connectivity index (χ2v) is 6.27. The molecule has 0 atom stereocenters. The van der Waals surface area contributed by atoms with Crippen molar-refractivity contribution in [2.24, 2.45) is 0 Å². The van der Waals surface area contributed by atoms with E-state index in [-0.39, 0.29) is 11.8 Å². The molecule has 3 aromatic rings. The zero-order chi connectivity index (χ0) is 18.8. The largest absolute Gasteiger partial charge is 0.497 e. The van der Waals surface area contributed by atoms with Crippen LogP contribution in [-0.2, 0) is 0 Å². The second kappa shape index (κ2) is 6.92. The summed E-state index contributed by atoms with van der Waals surface area (Å²) in [6.07, 6.45) is 0. The lowest BCUT2D eigenvalue weighted by atomic mass is 10.1. The maximum atomic E-state index is 12.6. The number of ether oxygens (including phenoxy) is 1. The third-order valence-electron chi connectivity index (χ3n) is 4.29. The molecule has 0 radical (unpaired) electrons. The molecule has 0 aliphatic carbocycles. The normalized spacial score (nSPS) is 10.6. The summed E-state index contributed by atoms with van der Waals surface area (Å²) in [5, 5.41) is 3.77. The fourth-order valence-corrected chi connectivity index (χ4v) is 2.79. The van der Waals surface area contributed by atoms with Gasteiger partial charge in [-0.15, -0.1) is 0 Å². The first-order valence-electron chi connectivity index (χ1n) is 8.20. The monoisotopic (exact) mass is 351 g/mol. The number of hydrogen-bond donors (Lipinski definition) is 2. The fourth-order valence-electron chi connectivity index (χ4n) is 2.79. The average molecular weight is 351 g/mol. The van der Waals surface area contributed by atoms with E-state index in [0.29, 0.717) is 16.9 Å². The number of anilines is 1. The van der Waals surface area contributed by atoms with E-state index >= 15 is 0 Å². The van der Waals surface area contributed by atoms with Gasteiger partial charge < -0.3 is 19.9 Å². The molecule has 1 aromatic heterocycles. The number of hydrogen-bond acceptors (Lipinski definition) is 3. The van der Waals surface area contributed by atoms with Gasteiger partial charge in [0.05, 0.1) is 7.11 Å². The molecule has 0 spiro atoms. The van der Waals surface area contributed by atoms with Crippen LogP contribution in [0.1, 0.15) is 26.4 Å². The minimum Gasteiger partial charge on any atom is -0.497 e. The Hall–Kier alpha value is -3.28.